The van der Waals surface area contributed by atoms with Crippen molar-refractivity contribution in [2.75, 3.05) is 13.2 Å². The molecule has 1 radical (unpaired) electrons. The first-order chi connectivity index (χ1) is 7.95. The molecule has 2 rings (SSSR count). The van der Waals surface area contributed by atoms with Crippen LogP contribution in [-0.4, -0.2) is 18.2 Å². The SMILES string of the molecule is [c]1ccc(OCCOc2ccccn2)cc1. The van der Waals surface area contributed by atoms with E-state index in [1.807, 2.05) is 42.5 Å². The summed E-state index contributed by atoms with van der Waals surface area (Å²) in [6.45, 7) is 0.982. The van der Waals surface area contributed by atoms with Gasteiger partial charge in [0.25, 0.3) is 0 Å². The molecule has 81 valence electrons. The van der Waals surface area contributed by atoms with E-state index in [-0.39, 0.29) is 0 Å². The van der Waals surface area contributed by atoms with Crippen LogP contribution in [0.3, 0.4) is 0 Å². The Morgan fingerprint density at radius 3 is 2.56 bits per heavy atom. The number of rotatable bonds is 5. The third-order valence-electron chi connectivity index (χ3n) is 1.93. The van der Waals surface area contributed by atoms with E-state index < -0.39 is 0 Å². The van der Waals surface area contributed by atoms with Crippen LogP contribution < -0.4 is 9.47 Å². The molecule has 0 aliphatic heterocycles. The third kappa shape index (κ3) is 3.28. The fraction of sp³-hybridized carbons (Fsp3) is 0.154. The van der Waals surface area contributed by atoms with E-state index in [4.69, 9.17) is 9.47 Å². The summed E-state index contributed by atoms with van der Waals surface area (Å²) in [5.41, 5.74) is 0. The molecule has 0 amide bonds. The van der Waals surface area contributed by atoms with Crippen LogP contribution >= 0.6 is 0 Å². The number of aromatic nitrogens is 1. The molecule has 0 bridgehead atoms. The molecule has 3 heteroatoms. The van der Waals surface area contributed by atoms with Gasteiger partial charge in [-0.25, -0.2) is 4.98 Å². The van der Waals surface area contributed by atoms with Crippen LogP contribution in [0.4, 0.5) is 0 Å². The maximum absolute atomic E-state index is 5.45. The Morgan fingerprint density at radius 1 is 1.00 bits per heavy atom. The Kier molecular flexibility index (Phi) is 3.77. The number of nitrogens with zero attached hydrogens (tertiary/aromatic N) is 1. The minimum absolute atomic E-state index is 0.482. The fourth-order valence-electron chi connectivity index (χ4n) is 1.21. The summed E-state index contributed by atoms with van der Waals surface area (Å²) in [7, 11) is 0. The molecule has 1 heterocycles. The summed E-state index contributed by atoms with van der Waals surface area (Å²) in [5, 5.41) is 0. The standard InChI is InChI=1S/C13H12NO2/c1-2-6-12(7-3-1)15-10-11-16-13-8-4-5-9-14-13/h2-9H,10-11H2. The van der Waals surface area contributed by atoms with Gasteiger partial charge in [0.2, 0.25) is 5.88 Å². The lowest BCUT2D eigenvalue weighted by atomic mass is 10.3. The zero-order chi connectivity index (χ0) is 11.1. The van der Waals surface area contributed by atoms with Crippen molar-refractivity contribution in [3.8, 4) is 11.6 Å². The summed E-state index contributed by atoms with van der Waals surface area (Å²) < 4.78 is 10.8. The van der Waals surface area contributed by atoms with Crippen molar-refractivity contribution in [2.45, 2.75) is 0 Å². The van der Waals surface area contributed by atoms with Crippen LogP contribution in [-0.2, 0) is 0 Å². The molecule has 0 fully saturated rings. The minimum Gasteiger partial charge on any atom is -0.490 e. The highest BCUT2D eigenvalue weighted by atomic mass is 16.5. The molecule has 0 atom stereocenters. The molecule has 0 saturated heterocycles. The van der Waals surface area contributed by atoms with Crippen molar-refractivity contribution in [2.24, 2.45) is 0 Å². The fourth-order valence-corrected chi connectivity index (χ4v) is 1.21. The van der Waals surface area contributed by atoms with Crippen molar-refractivity contribution in [1.29, 1.82) is 0 Å². The van der Waals surface area contributed by atoms with Crippen LogP contribution in [0, 0.1) is 6.07 Å². The number of hydrogen-bond donors (Lipinski definition) is 0. The van der Waals surface area contributed by atoms with E-state index in [2.05, 4.69) is 11.1 Å². The van der Waals surface area contributed by atoms with Gasteiger partial charge in [0.15, 0.2) is 0 Å². The van der Waals surface area contributed by atoms with E-state index >= 15 is 0 Å². The molecule has 0 N–H and O–H groups in total. The zero-order valence-corrected chi connectivity index (χ0v) is 8.80. The maximum Gasteiger partial charge on any atom is 0.213 e. The van der Waals surface area contributed by atoms with Gasteiger partial charge in [0.1, 0.15) is 19.0 Å². The number of benzene rings is 1. The normalized spacial score (nSPS) is 9.75. The lowest BCUT2D eigenvalue weighted by Crippen LogP contribution is -2.09. The van der Waals surface area contributed by atoms with Gasteiger partial charge >= 0.3 is 0 Å². The molecular formula is C13H12NO2. The third-order valence-corrected chi connectivity index (χ3v) is 1.93. The first-order valence-electron chi connectivity index (χ1n) is 5.08. The maximum atomic E-state index is 5.45. The predicted molar refractivity (Wildman–Crippen MR) is 60.5 cm³/mol. The molecule has 0 aliphatic carbocycles. The van der Waals surface area contributed by atoms with Gasteiger partial charge in [0, 0.05) is 12.3 Å². The van der Waals surface area contributed by atoms with Crippen LogP contribution in [0.5, 0.6) is 11.6 Å². The molecule has 2 aromatic rings. The van der Waals surface area contributed by atoms with E-state index in [9.17, 15) is 0 Å². The van der Waals surface area contributed by atoms with Gasteiger partial charge in [-0.1, -0.05) is 18.2 Å². The molecular weight excluding hydrogens is 202 g/mol. The topological polar surface area (TPSA) is 31.4 Å². The summed E-state index contributed by atoms with van der Waals surface area (Å²) in [6, 6.07) is 15.8. The lowest BCUT2D eigenvalue weighted by molar-refractivity contribution is 0.212. The van der Waals surface area contributed by atoms with E-state index in [1.54, 1.807) is 6.20 Å². The molecule has 0 aliphatic rings. The van der Waals surface area contributed by atoms with E-state index in [0.29, 0.717) is 19.1 Å². The first-order valence-corrected chi connectivity index (χ1v) is 5.08. The Morgan fingerprint density at radius 2 is 1.81 bits per heavy atom. The van der Waals surface area contributed by atoms with Crippen molar-refractivity contribution in [3.05, 3.63) is 54.7 Å². The monoisotopic (exact) mass is 214 g/mol. The van der Waals surface area contributed by atoms with Crippen molar-refractivity contribution in [1.82, 2.24) is 4.98 Å². The highest BCUT2D eigenvalue weighted by Gasteiger charge is 1.94. The zero-order valence-electron chi connectivity index (χ0n) is 8.80. The Hall–Kier alpha value is -2.03. The van der Waals surface area contributed by atoms with E-state index in [1.165, 1.54) is 0 Å². The molecule has 1 aromatic heterocycles. The average Bonchev–Trinajstić information content (AvgIpc) is 2.37. The highest BCUT2D eigenvalue weighted by molar-refractivity contribution is 5.20. The van der Waals surface area contributed by atoms with Crippen molar-refractivity contribution in [3.63, 3.8) is 0 Å². The molecule has 16 heavy (non-hydrogen) atoms. The number of ether oxygens (including phenoxy) is 2. The Labute approximate surface area is 94.7 Å². The van der Waals surface area contributed by atoms with Crippen molar-refractivity contribution >= 4 is 0 Å². The number of pyridine rings is 1. The summed E-state index contributed by atoms with van der Waals surface area (Å²) >= 11 is 0. The van der Waals surface area contributed by atoms with Gasteiger partial charge in [0.05, 0.1) is 0 Å². The molecule has 0 unspecified atom stereocenters. The summed E-state index contributed by atoms with van der Waals surface area (Å²) in [4.78, 5) is 4.04. The summed E-state index contributed by atoms with van der Waals surface area (Å²) in [5.74, 6) is 1.44. The predicted octanol–water partition coefficient (Wildman–Crippen LogP) is 2.34. The van der Waals surface area contributed by atoms with Crippen LogP contribution in [0.2, 0.25) is 0 Å². The molecule has 0 saturated carbocycles. The second kappa shape index (κ2) is 5.75. The lowest BCUT2D eigenvalue weighted by Gasteiger charge is -2.06. The molecule has 0 spiro atoms. The Balaban J connectivity index is 1.70. The smallest absolute Gasteiger partial charge is 0.213 e. The molecule has 1 aromatic carbocycles. The second-order valence-electron chi connectivity index (χ2n) is 3.10. The van der Waals surface area contributed by atoms with Gasteiger partial charge in [-0.15, -0.1) is 0 Å². The van der Waals surface area contributed by atoms with Crippen LogP contribution in [0.1, 0.15) is 0 Å². The quantitative estimate of drug-likeness (QED) is 0.716. The first kappa shape index (κ1) is 10.5. The van der Waals surface area contributed by atoms with Gasteiger partial charge in [-0.3, -0.25) is 0 Å². The highest BCUT2D eigenvalue weighted by Crippen LogP contribution is 2.08. The van der Waals surface area contributed by atoms with Gasteiger partial charge < -0.3 is 9.47 Å². The van der Waals surface area contributed by atoms with Crippen LogP contribution in [0.25, 0.3) is 0 Å². The largest absolute Gasteiger partial charge is 0.490 e. The minimum atomic E-state index is 0.482. The van der Waals surface area contributed by atoms with Gasteiger partial charge in [-0.2, -0.15) is 0 Å². The number of hydrogen-bond acceptors (Lipinski definition) is 3. The van der Waals surface area contributed by atoms with Crippen LogP contribution in [0.15, 0.2) is 48.7 Å². The second-order valence-corrected chi connectivity index (χ2v) is 3.10. The van der Waals surface area contributed by atoms with Gasteiger partial charge in [-0.05, 0) is 24.3 Å². The van der Waals surface area contributed by atoms with Crippen molar-refractivity contribution < 1.29 is 9.47 Å². The molecule has 3 nitrogen and oxygen atoms in total. The average molecular weight is 214 g/mol. The Bertz CT molecular complexity index is 361. The van der Waals surface area contributed by atoms with E-state index in [0.717, 1.165) is 5.75 Å². The summed E-state index contributed by atoms with van der Waals surface area (Å²) in [6.07, 6.45) is 1.70.